The van der Waals surface area contributed by atoms with Crippen LogP contribution in [0.5, 0.6) is 0 Å². The van der Waals surface area contributed by atoms with Crippen molar-refractivity contribution >= 4 is 17.3 Å². The minimum absolute atomic E-state index is 0.0907. The average molecular weight is 366 g/mol. The highest BCUT2D eigenvalue weighted by atomic mass is 16.2. The van der Waals surface area contributed by atoms with Crippen molar-refractivity contribution in [3.8, 4) is 0 Å². The number of carbonyl (C=O) groups excluding carboxylic acids is 1. The fourth-order valence-electron chi connectivity index (χ4n) is 3.61. The highest BCUT2D eigenvalue weighted by Gasteiger charge is 2.18. The van der Waals surface area contributed by atoms with E-state index in [2.05, 4.69) is 41.4 Å². The standard InChI is InChI=1S/C23H31N3O/c1-18-13-15-26(16-14-18)22-11-9-21(10-12-22)24-19(2)23(27)25(3)17-20-7-5-4-6-8-20/h4-12,18-19,24H,13-17H2,1-3H3. The molecule has 2 aromatic carbocycles. The van der Waals surface area contributed by atoms with Gasteiger partial charge in [0, 0.05) is 38.1 Å². The molecule has 27 heavy (non-hydrogen) atoms. The van der Waals surface area contributed by atoms with Crippen LogP contribution in [0.1, 0.15) is 32.3 Å². The smallest absolute Gasteiger partial charge is 0.244 e. The van der Waals surface area contributed by atoms with Crippen molar-refractivity contribution in [2.45, 2.75) is 39.3 Å². The molecule has 1 aliphatic heterocycles. The normalized spacial score (nSPS) is 16.0. The molecule has 1 amide bonds. The second kappa shape index (κ2) is 8.94. The highest BCUT2D eigenvalue weighted by molar-refractivity contribution is 5.84. The first kappa shape index (κ1) is 19.3. The molecule has 0 saturated carbocycles. The lowest BCUT2D eigenvalue weighted by Gasteiger charge is -2.32. The van der Waals surface area contributed by atoms with Gasteiger partial charge in [-0.3, -0.25) is 4.79 Å². The van der Waals surface area contributed by atoms with Gasteiger partial charge >= 0.3 is 0 Å². The molecule has 144 valence electrons. The number of hydrogen-bond acceptors (Lipinski definition) is 3. The SMILES string of the molecule is CC1CCN(c2ccc(NC(C)C(=O)N(C)Cc3ccccc3)cc2)CC1. The topological polar surface area (TPSA) is 35.6 Å². The zero-order valence-corrected chi connectivity index (χ0v) is 16.7. The summed E-state index contributed by atoms with van der Waals surface area (Å²) in [7, 11) is 1.86. The van der Waals surface area contributed by atoms with E-state index in [1.165, 1.54) is 18.5 Å². The fourth-order valence-corrected chi connectivity index (χ4v) is 3.61. The summed E-state index contributed by atoms with van der Waals surface area (Å²) < 4.78 is 0. The molecule has 1 unspecified atom stereocenters. The first-order valence-corrected chi connectivity index (χ1v) is 9.93. The summed E-state index contributed by atoms with van der Waals surface area (Å²) >= 11 is 0. The molecule has 0 spiro atoms. The van der Waals surface area contributed by atoms with Crippen LogP contribution in [0.4, 0.5) is 11.4 Å². The molecule has 2 aromatic rings. The van der Waals surface area contributed by atoms with E-state index in [1.54, 1.807) is 4.90 Å². The van der Waals surface area contributed by atoms with Crippen molar-refractivity contribution in [2.75, 3.05) is 30.4 Å². The molecule has 4 heteroatoms. The Hall–Kier alpha value is -2.49. The van der Waals surface area contributed by atoms with Crippen LogP contribution < -0.4 is 10.2 Å². The van der Waals surface area contributed by atoms with Crippen molar-refractivity contribution in [1.82, 2.24) is 4.90 Å². The Bertz CT molecular complexity index is 721. The van der Waals surface area contributed by atoms with Gasteiger partial charge in [0.15, 0.2) is 0 Å². The first-order chi connectivity index (χ1) is 13.0. The third-order valence-corrected chi connectivity index (χ3v) is 5.41. The molecular formula is C23H31N3O. The molecule has 1 fully saturated rings. The number of carbonyl (C=O) groups is 1. The van der Waals surface area contributed by atoms with Gasteiger partial charge in [0.25, 0.3) is 0 Å². The van der Waals surface area contributed by atoms with E-state index in [1.807, 2.05) is 44.3 Å². The van der Waals surface area contributed by atoms with Gasteiger partial charge in [-0.1, -0.05) is 37.3 Å². The summed E-state index contributed by atoms with van der Waals surface area (Å²) in [6.07, 6.45) is 2.53. The monoisotopic (exact) mass is 365 g/mol. The average Bonchev–Trinajstić information content (AvgIpc) is 2.69. The summed E-state index contributed by atoms with van der Waals surface area (Å²) in [5.41, 5.74) is 3.39. The van der Waals surface area contributed by atoms with Crippen LogP contribution in [-0.2, 0) is 11.3 Å². The Balaban J connectivity index is 1.53. The van der Waals surface area contributed by atoms with Crippen molar-refractivity contribution in [1.29, 1.82) is 0 Å². The van der Waals surface area contributed by atoms with Gasteiger partial charge in [0.1, 0.15) is 6.04 Å². The maximum atomic E-state index is 12.7. The van der Waals surface area contributed by atoms with Gasteiger partial charge in [-0.15, -0.1) is 0 Å². The largest absolute Gasteiger partial charge is 0.374 e. The third kappa shape index (κ3) is 5.25. The molecule has 3 rings (SSSR count). The number of rotatable bonds is 6. The third-order valence-electron chi connectivity index (χ3n) is 5.41. The van der Waals surface area contributed by atoms with E-state index in [0.717, 1.165) is 30.3 Å². The Morgan fingerprint density at radius 2 is 1.74 bits per heavy atom. The van der Waals surface area contributed by atoms with Crippen molar-refractivity contribution in [3.63, 3.8) is 0 Å². The molecule has 1 aliphatic rings. The molecule has 0 bridgehead atoms. The molecule has 0 radical (unpaired) electrons. The molecular weight excluding hydrogens is 334 g/mol. The van der Waals surface area contributed by atoms with Crippen LogP contribution >= 0.6 is 0 Å². The Labute approximate surface area is 163 Å². The maximum Gasteiger partial charge on any atom is 0.244 e. The summed E-state index contributed by atoms with van der Waals surface area (Å²) in [6, 6.07) is 18.3. The summed E-state index contributed by atoms with van der Waals surface area (Å²) in [4.78, 5) is 16.9. The predicted molar refractivity (Wildman–Crippen MR) is 113 cm³/mol. The van der Waals surface area contributed by atoms with E-state index in [4.69, 9.17) is 0 Å². The lowest BCUT2D eigenvalue weighted by atomic mass is 9.99. The van der Waals surface area contributed by atoms with Gasteiger partial charge in [0.05, 0.1) is 0 Å². The Morgan fingerprint density at radius 1 is 1.11 bits per heavy atom. The van der Waals surface area contributed by atoms with Gasteiger partial charge in [-0.2, -0.15) is 0 Å². The first-order valence-electron chi connectivity index (χ1n) is 9.93. The quantitative estimate of drug-likeness (QED) is 0.825. The zero-order chi connectivity index (χ0) is 19.2. The fraction of sp³-hybridized carbons (Fsp3) is 0.435. The predicted octanol–water partition coefficient (Wildman–Crippen LogP) is 4.38. The van der Waals surface area contributed by atoms with Crippen molar-refractivity contribution in [2.24, 2.45) is 5.92 Å². The number of piperidine rings is 1. The number of nitrogens with zero attached hydrogens (tertiary/aromatic N) is 2. The lowest BCUT2D eigenvalue weighted by Crippen LogP contribution is -2.38. The summed E-state index contributed by atoms with van der Waals surface area (Å²) in [5.74, 6) is 0.926. The number of benzene rings is 2. The van der Waals surface area contributed by atoms with E-state index in [0.29, 0.717) is 6.54 Å². The minimum Gasteiger partial charge on any atom is -0.374 e. The second-order valence-electron chi connectivity index (χ2n) is 7.76. The van der Waals surface area contributed by atoms with Gasteiger partial charge < -0.3 is 15.1 Å². The van der Waals surface area contributed by atoms with Gasteiger partial charge in [-0.05, 0) is 55.5 Å². The number of nitrogens with one attached hydrogen (secondary N) is 1. The summed E-state index contributed by atoms with van der Waals surface area (Å²) in [5, 5.41) is 3.34. The highest BCUT2D eigenvalue weighted by Crippen LogP contribution is 2.24. The van der Waals surface area contributed by atoms with Gasteiger partial charge in [-0.25, -0.2) is 0 Å². The molecule has 1 atom stereocenters. The number of anilines is 2. The van der Waals surface area contributed by atoms with Crippen LogP contribution in [0.3, 0.4) is 0 Å². The van der Waals surface area contributed by atoms with Crippen molar-refractivity contribution in [3.05, 3.63) is 60.2 Å². The Kier molecular flexibility index (Phi) is 6.38. The van der Waals surface area contributed by atoms with Gasteiger partial charge in [0.2, 0.25) is 5.91 Å². The molecule has 4 nitrogen and oxygen atoms in total. The lowest BCUT2D eigenvalue weighted by molar-refractivity contribution is -0.130. The summed E-state index contributed by atoms with van der Waals surface area (Å²) in [6.45, 7) is 7.14. The van der Waals surface area contributed by atoms with Crippen LogP contribution in [0.2, 0.25) is 0 Å². The van der Waals surface area contributed by atoms with E-state index in [-0.39, 0.29) is 11.9 Å². The number of likely N-dealkylation sites (N-methyl/N-ethyl adjacent to an activating group) is 1. The van der Waals surface area contributed by atoms with Crippen LogP contribution in [0.25, 0.3) is 0 Å². The van der Waals surface area contributed by atoms with Crippen LogP contribution in [-0.4, -0.2) is 37.0 Å². The van der Waals surface area contributed by atoms with Crippen molar-refractivity contribution < 1.29 is 4.79 Å². The molecule has 1 saturated heterocycles. The Morgan fingerprint density at radius 3 is 2.37 bits per heavy atom. The minimum atomic E-state index is -0.264. The van der Waals surface area contributed by atoms with E-state index in [9.17, 15) is 4.79 Å². The molecule has 0 aromatic heterocycles. The van der Waals surface area contributed by atoms with Crippen LogP contribution in [0.15, 0.2) is 54.6 Å². The number of hydrogen-bond donors (Lipinski definition) is 1. The van der Waals surface area contributed by atoms with Crippen LogP contribution in [0, 0.1) is 5.92 Å². The molecule has 1 heterocycles. The molecule has 0 aliphatic carbocycles. The molecule has 1 N–H and O–H groups in total. The van der Waals surface area contributed by atoms with E-state index >= 15 is 0 Å². The zero-order valence-electron chi connectivity index (χ0n) is 16.7. The number of amides is 1. The van der Waals surface area contributed by atoms with E-state index < -0.39 is 0 Å². The maximum absolute atomic E-state index is 12.7. The second-order valence-corrected chi connectivity index (χ2v) is 7.76.